The SMILES string of the molecule is O=CCC[C@@H]1CC[C@@H]2CC(c3ccc(F)cc3)CC[C@@H]2C1. The fourth-order valence-corrected chi connectivity index (χ4v) is 4.59. The number of hydrogen-bond acceptors (Lipinski definition) is 1. The van der Waals surface area contributed by atoms with E-state index in [0.717, 1.165) is 36.9 Å². The lowest BCUT2D eigenvalue weighted by molar-refractivity contribution is -0.108. The molecule has 3 rings (SSSR count). The summed E-state index contributed by atoms with van der Waals surface area (Å²) in [6, 6.07) is 7.13. The summed E-state index contributed by atoms with van der Waals surface area (Å²) in [5.41, 5.74) is 1.32. The van der Waals surface area contributed by atoms with E-state index in [9.17, 15) is 9.18 Å². The third kappa shape index (κ3) is 3.53. The maximum atomic E-state index is 13.0. The first-order chi connectivity index (χ1) is 10.3. The van der Waals surface area contributed by atoms with Crippen LogP contribution in [0, 0.1) is 23.6 Å². The van der Waals surface area contributed by atoms with Crippen LogP contribution in [0.15, 0.2) is 24.3 Å². The fourth-order valence-electron chi connectivity index (χ4n) is 4.59. The highest BCUT2D eigenvalue weighted by Gasteiger charge is 2.35. The van der Waals surface area contributed by atoms with Gasteiger partial charge >= 0.3 is 0 Å². The average molecular weight is 288 g/mol. The summed E-state index contributed by atoms with van der Waals surface area (Å²) < 4.78 is 13.0. The van der Waals surface area contributed by atoms with E-state index in [2.05, 4.69) is 0 Å². The molecule has 0 spiro atoms. The maximum Gasteiger partial charge on any atom is 0.123 e. The Bertz CT molecular complexity index is 467. The summed E-state index contributed by atoms with van der Waals surface area (Å²) in [5, 5.41) is 0. The van der Waals surface area contributed by atoms with Gasteiger partial charge < -0.3 is 4.79 Å². The van der Waals surface area contributed by atoms with Gasteiger partial charge in [0.15, 0.2) is 0 Å². The van der Waals surface area contributed by atoms with Gasteiger partial charge in [-0.25, -0.2) is 4.39 Å². The first kappa shape index (κ1) is 14.7. The number of aldehydes is 1. The summed E-state index contributed by atoms with van der Waals surface area (Å²) in [6.45, 7) is 0. The Labute approximate surface area is 126 Å². The van der Waals surface area contributed by atoms with E-state index in [1.54, 1.807) is 12.1 Å². The molecule has 0 aliphatic heterocycles. The van der Waals surface area contributed by atoms with Gasteiger partial charge in [0.1, 0.15) is 12.1 Å². The standard InChI is InChI=1S/C19H25FO/c20-19-9-7-15(8-10-19)17-6-5-16-12-14(2-1-11-21)3-4-18(16)13-17/h7-11,14,16-18H,1-6,12-13H2/t14-,16-,17?,18-/m1/s1. The molecule has 0 saturated heterocycles. The van der Waals surface area contributed by atoms with Gasteiger partial charge in [0.05, 0.1) is 0 Å². The van der Waals surface area contributed by atoms with Crippen molar-refractivity contribution in [2.24, 2.45) is 17.8 Å². The minimum atomic E-state index is -0.136. The second-order valence-electron chi connectivity index (χ2n) is 7.00. The Morgan fingerprint density at radius 3 is 2.48 bits per heavy atom. The smallest absolute Gasteiger partial charge is 0.123 e. The molecule has 0 aromatic heterocycles. The minimum absolute atomic E-state index is 0.136. The molecule has 0 bridgehead atoms. The molecule has 0 amide bonds. The molecule has 114 valence electrons. The number of halogens is 1. The Morgan fingerprint density at radius 2 is 1.71 bits per heavy atom. The first-order valence-electron chi connectivity index (χ1n) is 8.45. The Hall–Kier alpha value is -1.18. The van der Waals surface area contributed by atoms with E-state index in [4.69, 9.17) is 0 Å². The minimum Gasteiger partial charge on any atom is -0.303 e. The van der Waals surface area contributed by atoms with Gasteiger partial charge in [-0.2, -0.15) is 0 Å². The lowest BCUT2D eigenvalue weighted by Gasteiger charge is -2.42. The van der Waals surface area contributed by atoms with Crippen LogP contribution in [-0.4, -0.2) is 6.29 Å². The van der Waals surface area contributed by atoms with Crippen LogP contribution in [0.3, 0.4) is 0 Å². The molecule has 1 aromatic rings. The van der Waals surface area contributed by atoms with Crippen LogP contribution in [0.4, 0.5) is 4.39 Å². The second-order valence-corrected chi connectivity index (χ2v) is 7.00. The van der Waals surface area contributed by atoms with Crippen molar-refractivity contribution in [1.82, 2.24) is 0 Å². The van der Waals surface area contributed by atoms with Crippen LogP contribution in [0.5, 0.6) is 0 Å². The van der Waals surface area contributed by atoms with Gasteiger partial charge in [0.25, 0.3) is 0 Å². The highest BCUT2D eigenvalue weighted by atomic mass is 19.1. The van der Waals surface area contributed by atoms with Crippen LogP contribution < -0.4 is 0 Å². The summed E-state index contributed by atoms with van der Waals surface area (Å²) in [4.78, 5) is 10.5. The number of carbonyl (C=O) groups excluding carboxylic acids is 1. The molecule has 2 aliphatic rings. The van der Waals surface area contributed by atoms with E-state index in [-0.39, 0.29) is 5.82 Å². The molecular formula is C19H25FO. The molecule has 2 heteroatoms. The molecule has 4 atom stereocenters. The molecule has 1 aromatic carbocycles. The number of fused-ring (bicyclic) bond motifs is 1. The Morgan fingerprint density at radius 1 is 1.00 bits per heavy atom. The largest absolute Gasteiger partial charge is 0.303 e. The Balaban J connectivity index is 1.57. The van der Waals surface area contributed by atoms with Gasteiger partial charge in [-0.1, -0.05) is 18.6 Å². The van der Waals surface area contributed by atoms with Crippen molar-refractivity contribution in [2.75, 3.05) is 0 Å². The van der Waals surface area contributed by atoms with E-state index < -0.39 is 0 Å². The predicted octanol–water partition coefficient (Wildman–Crippen LogP) is 5.10. The van der Waals surface area contributed by atoms with Crippen LogP contribution in [-0.2, 0) is 4.79 Å². The van der Waals surface area contributed by atoms with Crippen LogP contribution in [0.25, 0.3) is 0 Å². The lowest BCUT2D eigenvalue weighted by Crippen LogP contribution is -2.30. The molecule has 1 nitrogen and oxygen atoms in total. The first-order valence-corrected chi connectivity index (χ1v) is 8.45. The van der Waals surface area contributed by atoms with Crippen molar-refractivity contribution in [3.05, 3.63) is 35.6 Å². The predicted molar refractivity (Wildman–Crippen MR) is 82.6 cm³/mol. The summed E-state index contributed by atoms with van der Waals surface area (Å²) in [6.07, 6.45) is 10.7. The summed E-state index contributed by atoms with van der Waals surface area (Å²) in [5.74, 6) is 2.98. The molecular weight excluding hydrogens is 263 g/mol. The van der Waals surface area contributed by atoms with Gasteiger partial charge in [-0.05, 0) is 79.9 Å². The van der Waals surface area contributed by atoms with Crippen LogP contribution in [0.2, 0.25) is 0 Å². The summed E-state index contributed by atoms with van der Waals surface area (Å²) >= 11 is 0. The average Bonchev–Trinajstić information content (AvgIpc) is 2.53. The zero-order valence-corrected chi connectivity index (χ0v) is 12.6. The Kier molecular flexibility index (Phi) is 4.72. The third-order valence-corrected chi connectivity index (χ3v) is 5.76. The third-order valence-electron chi connectivity index (χ3n) is 5.76. The molecule has 2 aliphatic carbocycles. The van der Waals surface area contributed by atoms with Crippen molar-refractivity contribution >= 4 is 6.29 Å². The van der Waals surface area contributed by atoms with Crippen molar-refractivity contribution in [1.29, 1.82) is 0 Å². The van der Waals surface area contributed by atoms with Gasteiger partial charge in [-0.3, -0.25) is 0 Å². The van der Waals surface area contributed by atoms with Crippen LogP contribution >= 0.6 is 0 Å². The van der Waals surface area contributed by atoms with E-state index in [1.807, 2.05) is 12.1 Å². The number of rotatable bonds is 4. The number of hydrogen-bond donors (Lipinski definition) is 0. The molecule has 1 unspecified atom stereocenters. The second kappa shape index (κ2) is 6.72. The topological polar surface area (TPSA) is 17.1 Å². The molecule has 0 N–H and O–H groups in total. The molecule has 2 saturated carbocycles. The number of benzene rings is 1. The summed E-state index contributed by atoms with van der Waals surface area (Å²) in [7, 11) is 0. The monoisotopic (exact) mass is 288 g/mol. The fraction of sp³-hybridized carbons (Fsp3) is 0.632. The molecule has 0 heterocycles. The van der Waals surface area contributed by atoms with Crippen molar-refractivity contribution in [2.45, 2.75) is 57.3 Å². The van der Waals surface area contributed by atoms with Gasteiger partial charge in [0.2, 0.25) is 0 Å². The lowest BCUT2D eigenvalue weighted by atomic mass is 9.63. The van der Waals surface area contributed by atoms with Crippen molar-refractivity contribution in [3.63, 3.8) is 0 Å². The van der Waals surface area contributed by atoms with Crippen LogP contribution in [0.1, 0.15) is 62.8 Å². The van der Waals surface area contributed by atoms with Crippen molar-refractivity contribution < 1.29 is 9.18 Å². The van der Waals surface area contributed by atoms with Crippen molar-refractivity contribution in [3.8, 4) is 0 Å². The highest BCUT2D eigenvalue weighted by molar-refractivity contribution is 5.49. The van der Waals surface area contributed by atoms with Gasteiger partial charge in [-0.15, -0.1) is 0 Å². The molecule has 2 fully saturated rings. The normalized spacial score (nSPS) is 32.4. The zero-order valence-electron chi connectivity index (χ0n) is 12.6. The van der Waals surface area contributed by atoms with E-state index >= 15 is 0 Å². The molecule has 0 radical (unpaired) electrons. The van der Waals surface area contributed by atoms with Gasteiger partial charge in [0, 0.05) is 6.42 Å². The quantitative estimate of drug-likeness (QED) is 0.704. The van der Waals surface area contributed by atoms with E-state index in [1.165, 1.54) is 44.1 Å². The van der Waals surface area contributed by atoms with E-state index in [0.29, 0.717) is 5.92 Å². The number of carbonyl (C=O) groups is 1. The highest BCUT2D eigenvalue weighted by Crippen LogP contribution is 2.48. The maximum absolute atomic E-state index is 13.0. The zero-order chi connectivity index (χ0) is 14.7. The molecule has 21 heavy (non-hydrogen) atoms.